The van der Waals surface area contributed by atoms with E-state index < -0.39 is 0 Å². The minimum Gasteiger partial charge on any atom is -0.493 e. The number of benzene rings is 1. The number of hydrogen-bond donors (Lipinski definition) is 2. The fourth-order valence-electron chi connectivity index (χ4n) is 2.85. The van der Waals surface area contributed by atoms with Gasteiger partial charge in [-0.05, 0) is 41.6 Å². The number of thiophene rings is 1. The summed E-state index contributed by atoms with van der Waals surface area (Å²) in [4.78, 5) is 13.7. The summed E-state index contributed by atoms with van der Waals surface area (Å²) in [6.07, 6.45) is 2.61. The van der Waals surface area contributed by atoms with E-state index in [1.54, 1.807) is 22.1 Å². The maximum absolute atomic E-state index is 12.4. The molecule has 3 rings (SSSR count). The van der Waals surface area contributed by atoms with E-state index in [9.17, 15) is 4.79 Å². The monoisotopic (exact) mass is 384 g/mol. The molecular formula is C21H24N2O3S. The number of nitrogens with one attached hydrogen (secondary N) is 1. The molecule has 5 nitrogen and oxygen atoms in total. The molecule has 0 aliphatic carbocycles. The number of pyridine rings is 1. The Bertz CT molecular complexity index is 919. The van der Waals surface area contributed by atoms with Crippen molar-refractivity contribution in [3.63, 3.8) is 0 Å². The zero-order valence-electron chi connectivity index (χ0n) is 15.4. The number of nitrogens with zero attached hydrogens (tertiary/aromatic N) is 1. The molecule has 2 N–H and O–H groups in total. The van der Waals surface area contributed by atoms with Crippen LogP contribution >= 0.6 is 11.3 Å². The third-order valence-electron chi connectivity index (χ3n) is 4.38. The summed E-state index contributed by atoms with van der Waals surface area (Å²) in [6, 6.07) is 13.4. The van der Waals surface area contributed by atoms with E-state index in [2.05, 4.69) is 11.4 Å². The third kappa shape index (κ3) is 5.21. The van der Waals surface area contributed by atoms with Gasteiger partial charge in [-0.15, -0.1) is 11.3 Å². The Morgan fingerprint density at radius 1 is 1.22 bits per heavy atom. The van der Waals surface area contributed by atoms with Crippen molar-refractivity contribution in [3.8, 4) is 5.75 Å². The van der Waals surface area contributed by atoms with Crippen LogP contribution < -0.4 is 15.6 Å². The van der Waals surface area contributed by atoms with E-state index in [1.165, 1.54) is 10.9 Å². The molecule has 0 amide bonds. The Hall–Kier alpha value is -2.57. The molecule has 6 heteroatoms. The average molecular weight is 385 g/mol. The molecular weight excluding hydrogens is 360 g/mol. The number of aliphatic hydroxyl groups is 1. The number of hydrogen-bond acceptors (Lipinski definition) is 5. The molecule has 0 aliphatic heterocycles. The molecule has 1 aromatic carbocycles. The standard InChI is InChI=1S/C21H24N2O3S/c1-16-17(4-2-6-20(16)22-9-11-24)15-23-10-7-18(14-21(23)25)26-12-8-19-5-3-13-27-19/h2-7,10,13-14,22,24H,8-9,11-12,15H2,1H3. The number of rotatable bonds is 9. The lowest BCUT2D eigenvalue weighted by Gasteiger charge is -2.14. The fourth-order valence-corrected chi connectivity index (χ4v) is 3.54. The molecule has 0 saturated carbocycles. The molecule has 27 heavy (non-hydrogen) atoms. The van der Waals surface area contributed by atoms with Crippen molar-refractivity contribution in [2.24, 2.45) is 0 Å². The van der Waals surface area contributed by atoms with Crippen molar-refractivity contribution in [2.45, 2.75) is 19.9 Å². The van der Waals surface area contributed by atoms with Gasteiger partial charge in [0.05, 0.1) is 19.8 Å². The van der Waals surface area contributed by atoms with Crippen molar-refractivity contribution in [3.05, 3.63) is 80.4 Å². The van der Waals surface area contributed by atoms with Gasteiger partial charge >= 0.3 is 0 Å². The topological polar surface area (TPSA) is 63.5 Å². The smallest absolute Gasteiger partial charge is 0.254 e. The molecule has 0 saturated heterocycles. The van der Waals surface area contributed by atoms with Gasteiger partial charge in [0.15, 0.2) is 0 Å². The summed E-state index contributed by atoms with van der Waals surface area (Å²) in [5, 5.41) is 14.2. The van der Waals surface area contributed by atoms with Gasteiger partial charge in [-0.1, -0.05) is 18.2 Å². The second kappa shape index (κ2) is 9.39. The Labute approximate surface area is 162 Å². The molecule has 3 aromatic rings. The van der Waals surface area contributed by atoms with E-state index in [4.69, 9.17) is 9.84 Å². The van der Waals surface area contributed by atoms with Crippen molar-refractivity contribution >= 4 is 17.0 Å². The summed E-state index contributed by atoms with van der Waals surface area (Å²) in [7, 11) is 0. The van der Waals surface area contributed by atoms with Crippen molar-refractivity contribution in [2.75, 3.05) is 25.1 Å². The Morgan fingerprint density at radius 3 is 2.85 bits per heavy atom. The molecule has 0 radical (unpaired) electrons. The van der Waals surface area contributed by atoms with Crippen LogP contribution in [0.3, 0.4) is 0 Å². The van der Waals surface area contributed by atoms with Gasteiger partial charge in [0.2, 0.25) is 0 Å². The first kappa shape index (κ1) is 19.2. The lowest BCUT2D eigenvalue weighted by molar-refractivity contribution is 0.311. The zero-order valence-corrected chi connectivity index (χ0v) is 16.2. The summed E-state index contributed by atoms with van der Waals surface area (Å²) in [5.74, 6) is 0.600. The minimum atomic E-state index is -0.0863. The molecule has 0 fully saturated rings. The van der Waals surface area contributed by atoms with E-state index in [0.717, 1.165) is 23.2 Å². The lowest BCUT2D eigenvalue weighted by atomic mass is 10.1. The molecule has 0 atom stereocenters. The normalized spacial score (nSPS) is 10.7. The van der Waals surface area contributed by atoms with Crippen LogP contribution in [0.5, 0.6) is 5.75 Å². The molecule has 2 heterocycles. The van der Waals surface area contributed by atoms with Crippen LogP contribution in [0.1, 0.15) is 16.0 Å². The van der Waals surface area contributed by atoms with Crippen LogP contribution in [-0.4, -0.2) is 29.4 Å². The van der Waals surface area contributed by atoms with Gasteiger partial charge in [-0.2, -0.15) is 0 Å². The number of aliphatic hydroxyl groups excluding tert-OH is 1. The number of aromatic nitrogens is 1. The predicted octanol–water partition coefficient (Wildman–Crippen LogP) is 3.29. The summed E-state index contributed by atoms with van der Waals surface area (Å²) < 4.78 is 7.38. The van der Waals surface area contributed by atoms with Crippen LogP contribution in [0.15, 0.2) is 58.8 Å². The summed E-state index contributed by atoms with van der Waals surface area (Å²) in [6.45, 7) is 3.65. The highest BCUT2D eigenvalue weighted by Gasteiger charge is 2.06. The first-order valence-electron chi connectivity index (χ1n) is 8.96. The SMILES string of the molecule is Cc1c(Cn2ccc(OCCc3cccs3)cc2=O)cccc1NCCO. The quantitative estimate of drug-likeness (QED) is 0.594. The molecule has 0 unspecified atom stereocenters. The second-order valence-electron chi connectivity index (χ2n) is 6.25. The van der Waals surface area contributed by atoms with Crippen LogP contribution in [0.4, 0.5) is 5.69 Å². The Morgan fingerprint density at radius 2 is 2.11 bits per heavy atom. The van der Waals surface area contributed by atoms with Crippen LogP contribution in [0.2, 0.25) is 0 Å². The maximum atomic E-state index is 12.4. The average Bonchev–Trinajstić information content (AvgIpc) is 3.18. The second-order valence-corrected chi connectivity index (χ2v) is 7.28. The lowest BCUT2D eigenvalue weighted by Crippen LogP contribution is -2.20. The van der Waals surface area contributed by atoms with Gasteiger partial charge in [0.25, 0.3) is 5.56 Å². The summed E-state index contributed by atoms with van der Waals surface area (Å²) in [5.41, 5.74) is 3.03. The minimum absolute atomic E-state index is 0.0804. The van der Waals surface area contributed by atoms with Crippen LogP contribution in [-0.2, 0) is 13.0 Å². The van der Waals surface area contributed by atoms with E-state index >= 15 is 0 Å². The molecule has 0 aliphatic rings. The molecule has 142 valence electrons. The summed E-state index contributed by atoms with van der Waals surface area (Å²) >= 11 is 1.71. The molecule has 0 spiro atoms. The van der Waals surface area contributed by atoms with Gasteiger partial charge in [0, 0.05) is 35.8 Å². The predicted molar refractivity (Wildman–Crippen MR) is 110 cm³/mol. The maximum Gasteiger partial charge on any atom is 0.254 e. The highest BCUT2D eigenvalue weighted by Crippen LogP contribution is 2.19. The van der Waals surface area contributed by atoms with Crippen LogP contribution in [0.25, 0.3) is 0 Å². The Kier molecular flexibility index (Phi) is 6.68. The van der Waals surface area contributed by atoms with Gasteiger partial charge < -0.3 is 19.7 Å². The van der Waals surface area contributed by atoms with Crippen molar-refractivity contribution in [1.29, 1.82) is 0 Å². The highest BCUT2D eigenvalue weighted by molar-refractivity contribution is 7.09. The number of ether oxygens (including phenoxy) is 1. The Balaban J connectivity index is 1.65. The molecule has 2 aromatic heterocycles. The largest absolute Gasteiger partial charge is 0.493 e. The van der Waals surface area contributed by atoms with Crippen molar-refractivity contribution in [1.82, 2.24) is 4.57 Å². The van der Waals surface area contributed by atoms with E-state index in [0.29, 0.717) is 25.4 Å². The van der Waals surface area contributed by atoms with Crippen molar-refractivity contribution < 1.29 is 9.84 Å². The van der Waals surface area contributed by atoms with Gasteiger partial charge in [-0.3, -0.25) is 4.79 Å². The van der Waals surface area contributed by atoms with E-state index in [-0.39, 0.29) is 12.2 Å². The van der Waals surface area contributed by atoms with Crippen LogP contribution in [0, 0.1) is 6.92 Å². The third-order valence-corrected chi connectivity index (χ3v) is 5.31. The van der Waals surface area contributed by atoms with Gasteiger partial charge in [0.1, 0.15) is 5.75 Å². The first-order chi connectivity index (χ1) is 13.2. The number of anilines is 1. The highest BCUT2D eigenvalue weighted by atomic mass is 32.1. The molecule has 0 bridgehead atoms. The first-order valence-corrected chi connectivity index (χ1v) is 9.84. The van der Waals surface area contributed by atoms with Gasteiger partial charge in [-0.25, -0.2) is 0 Å². The zero-order chi connectivity index (χ0) is 19.1. The fraction of sp³-hybridized carbons (Fsp3) is 0.286. The van der Waals surface area contributed by atoms with E-state index in [1.807, 2.05) is 42.6 Å².